The summed E-state index contributed by atoms with van der Waals surface area (Å²) in [4.78, 5) is 42.0. The van der Waals surface area contributed by atoms with E-state index in [4.69, 9.17) is 4.84 Å². The van der Waals surface area contributed by atoms with Crippen LogP contribution in [0.4, 0.5) is 5.69 Å². The number of para-hydroxylation sites is 1. The molecule has 0 aliphatic carbocycles. The molecule has 0 fully saturated rings. The Bertz CT molecular complexity index is 1440. The maximum Gasteiger partial charge on any atom is 0.365 e. The molecule has 37 heavy (non-hydrogen) atoms. The van der Waals surface area contributed by atoms with E-state index in [-0.39, 0.29) is 17.2 Å². The highest BCUT2D eigenvalue weighted by Crippen LogP contribution is 2.27. The molecule has 8 nitrogen and oxygen atoms in total. The van der Waals surface area contributed by atoms with E-state index in [1.807, 2.05) is 28.8 Å². The Morgan fingerprint density at radius 3 is 2.32 bits per heavy atom. The van der Waals surface area contributed by atoms with Gasteiger partial charge in [-0.05, 0) is 43.2 Å². The van der Waals surface area contributed by atoms with Gasteiger partial charge in [-0.15, -0.1) is 0 Å². The molecule has 0 bridgehead atoms. The topological polar surface area (TPSA) is 104 Å². The van der Waals surface area contributed by atoms with Crippen LogP contribution in [0.2, 0.25) is 0 Å². The van der Waals surface area contributed by atoms with Crippen LogP contribution in [0.25, 0.3) is 16.6 Å². The fourth-order valence-electron chi connectivity index (χ4n) is 4.11. The van der Waals surface area contributed by atoms with E-state index < -0.39 is 10.9 Å². The minimum Gasteiger partial charge on any atom is -0.316 e. The second-order valence-electron chi connectivity index (χ2n) is 8.63. The van der Waals surface area contributed by atoms with E-state index >= 15 is 0 Å². The van der Waals surface area contributed by atoms with Crippen molar-refractivity contribution in [2.24, 2.45) is 5.16 Å². The average molecular weight is 498 g/mol. The lowest BCUT2D eigenvalue weighted by Gasteiger charge is -2.06. The number of unbranched alkanes of at least 4 members (excludes halogenated alkanes) is 3. The zero-order chi connectivity index (χ0) is 26.2. The van der Waals surface area contributed by atoms with Crippen molar-refractivity contribution in [2.45, 2.75) is 39.0 Å². The maximum absolute atomic E-state index is 13.7. The third-order valence-corrected chi connectivity index (χ3v) is 6.07. The van der Waals surface area contributed by atoms with Gasteiger partial charge < -0.3 is 9.40 Å². The Hall–Kier alpha value is -4.59. The number of oxime groups is 1. The Morgan fingerprint density at radius 1 is 0.919 bits per heavy atom. The Kier molecular flexibility index (Phi) is 8.20. The van der Waals surface area contributed by atoms with Crippen molar-refractivity contribution in [3.05, 3.63) is 106 Å². The number of nitro groups is 1. The Labute approximate surface area is 214 Å². The van der Waals surface area contributed by atoms with Crippen LogP contribution in [0.15, 0.2) is 90.2 Å². The normalized spacial score (nSPS) is 11.4. The molecule has 0 saturated carbocycles. The van der Waals surface area contributed by atoms with Gasteiger partial charge in [0.25, 0.3) is 5.69 Å². The lowest BCUT2D eigenvalue weighted by molar-refractivity contribution is -0.384. The van der Waals surface area contributed by atoms with Crippen LogP contribution in [-0.4, -0.2) is 27.0 Å². The van der Waals surface area contributed by atoms with Gasteiger partial charge in [-0.3, -0.25) is 14.9 Å². The van der Waals surface area contributed by atoms with Crippen molar-refractivity contribution >= 4 is 34.1 Å². The number of fused-ring (bicyclic) bond motifs is 1. The zero-order valence-electron chi connectivity index (χ0n) is 20.5. The van der Waals surface area contributed by atoms with Gasteiger partial charge in [-0.2, -0.15) is 0 Å². The number of benzene rings is 3. The van der Waals surface area contributed by atoms with Crippen LogP contribution in [0.3, 0.4) is 0 Å². The summed E-state index contributed by atoms with van der Waals surface area (Å²) in [5, 5.41) is 15.8. The highest BCUT2D eigenvalue weighted by Gasteiger charge is 2.22. The van der Waals surface area contributed by atoms with Gasteiger partial charge in [0.15, 0.2) is 0 Å². The molecule has 4 rings (SSSR count). The van der Waals surface area contributed by atoms with Crippen molar-refractivity contribution in [1.82, 2.24) is 4.57 Å². The third-order valence-electron chi connectivity index (χ3n) is 6.07. The maximum atomic E-state index is 13.7. The molecule has 0 atom stereocenters. The third kappa shape index (κ3) is 5.98. The summed E-state index contributed by atoms with van der Waals surface area (Å²) < 4.78 is 1.82. The van der Waals surface area contributed by atoms with Gasteiger partial charge in [0.2, 0.25) is 5.78 Å². The second-order valence-corrected chi connectivity index (χ2v) is 8.63. The summed E-state index contributed by atoms with van der Waals surface area (Å²) in [5.41, 5.74) is 2.37. The second kappa shape index (κ2) is 11.9. The first kappa shape index (κ1) is 25.5. The number of hydrogen-bond donors (Lipinski definition) is 0. The smallest absolute Gasteiger partial charge is 0.316 e. The van der Waals surface area contributed by atoms with Gasteiger partial charge in [0.05, 0.1) is 16.0 Å². The summed E-state index contributed by atoms with van der Waals surface area (Å²) in [6, 6.07) is 22.0. The summed E-state index contributed by atoms with van der Waals surface area (Å²) in [6.45, 7) is 2.11. The van der Waals surface area contributed by atoms with Crippen molar-refractivity contribution < 1.29 is 19.3 Å². The van der Waals surface area contributed by atoms with Gasteiger partial charge in [0.1, 0.15) is 5.71 Å². The van der Waals surface area contributed by atoms with Crippen LogP contribution in [-0.2, 0) is 4.84 Å². The van der Waals surface area contributed by atoms with Crippen LogP contribution in [0.5, 0.6) is 0 Å². The molecule has 8 heteroatoms. The summed E-state index contributed by atoms with van der Waals surface area (Å²) >= 11 is 0. The van der Waals surface area contributed by atoms with Crippen molar-refractivity contribution in [3.63, 3.8) is 0 Å². The van der Waals surface area contributed by atoms with Crippen LogP contribution < -0.4 is 0 Å². The largest absolute Gasteiger partial charge is 0.365 e. The van der Waals surface area contributed by atoms with Gasteiger partial charge in [0, 0.05) is 35.0 Å². The number of nitro benzene ring substituents is 1. The number of hydrogen-bond acceptors (Lipinski definition) is 6. The fourth-order valence-corrected chi connectivity index (χ4v) is 4.11. The molecule has 0 amide bonds. The molecule has 0 aliphatic rings. The SMILES string of the molecule is CCCCCC/C(=N\OC(=O)c1ccccc1)C(=O)c1cn(-c2ccc([N+](=O)[O-])cc2)c2ccccc12. The van der Waals surface area contributed by atoms with Gasteiger partial charge >= 0.3 is 5.97 Å². The molecule has 0 aliphatic heterocycles. The van der Waals surface area contributed by atoms with Gasteiger partial charge in [-0.25, -0.2) is 4.79 Å². The first-order valence-corrected chi connectivity index (χ1v) is 12.2. The summed E-state index contributed by atoms with van der Waals surface area (Å²) in [5.74, 6) is -0.956. The predicted octanol–water partition coefficient (Wildman–Crippen LogP) is 6.90. The molecule has 0 spiro atoms. The van der Waals surface area contributed by atoms with Crippen molar-refractivity contribution in [3.8, 4) is 5.69 Å². The monoisotopic (exact) mass is 497 g/mol. The van der Waals surface area contributed by atoms with Crippen LogP contribution in [0, 0.1) is 10.1 Å². The van der Waals surface area contributed by atoms with E-state index in [0.717, 1.165) is 31.2 Å². The van der Waals surface area contributed by atoms with Crippen LogP contribution in [0.1, 0.15) is 59.7 Å². The van der Waals surface area contributed by atoms with E-state index in [0.29, 0.717) is 28.6 Å². The number of nitrogens with zero attached hydrogens (tertiary/aromatic N) is 3. The molecular formula is C29H27N3O5. The zero-order valence-corrected chi connectivity index (χ0v) is 20.5. The highest BCUT2D eigenvalue weighted by molar-refractivity contribution is 6.47. The molecule has 4 aromatic rings. The molecular weight excluding hydrogens is 470 g/mol. The van der Waals surface area contributed by atoms with Crippen LogP contribution >= 0.6 is 0 Å². The molecule has 1 heterocycles. The average Bonchev–Trinajstić information content (AvgIpc) is 3.32. The summed E-state index contributed by atoms with van der Waals surface area (Å²) in [6.07, 6.45) is 5.83. The first-order chi connectivity index (χ1) is 18.0. The van der Waals surface area contributed by atoms with Gasteiger partial charge in [-0.1, -0.05) is 67.7 Å². The van der Waals surface area contributed by atoms with Crippen molar-refractivity contribution in [1.29, 1.82) is 0 Å². The standard InChI is InChI=1S/C29H27N3O5/c1-2-3-4-8-14-26(30-37-29(34)21-11-6-5-7-12-21)28(33)25-20-31(27-15-10-9-13-24(25)27)22-16-18-23(19-17-22)32(35)36/h5-7,9-13,15-20H,2-4,8,14H2,1H3/b30-26+. The lowest BCUT2D eigenvalue weighted by Crippen LogP contribution is -2.16. The molecule has 0 saturated heterocycles. The van der Waals surface area contributed by atoms with E-state index in [1.54, 1.807) is 48.7 Å². The number of carbonyl (C=O) groups is 2. The molecule has 3 aromatic carbocycles. The van der Waals surface area contributed by atoms with Crippen molar-refractivity contribution in [2.75, 3.05) is 0 Å². The quantitative estimate of drug-likeness (QED) is 0.0559. The molecule has 0 N–H and O–H groups in total. The number of Topliss-reactive ketones (excluding diaryl/α,β-unsaturated/α-hetero) is 1. The van der Waals surface area contributed by atoms with E-state index in [9.17, 15) is 19.7 Å². The minimum absolute atomic E-state index is 0.0155. The van der Waals surface area contributed by atoms with E-state index in [2.05, 4.69) is 12.1 Å². The Morgan fingerprint density at radius 2 is 1.62 bits per heavy atom. The Balaban J connectivity index is 1.69. The molecule has 188 valence electrons. The number of non-ortho nitro benzene ring substituents is 1. The molecule has 1 aromatic heterocycles. The number of rotatable bonds is 11. The summed E-state index contributed by atoms with van der Waals surface area (Å²) in [7, 11) is 0. The lowest BCUT2D eigenvalue weighted by atomic mass is 10.0. The predicted molar refractivity (Wildman–Crippen MR) is 142 cm³/mol. The minimum atomic E-state index is -0.632. The first-order valence-electron chi connectivity index (χ1n) is 12.2. The number of ketones is 1. The molecule has 0 radical (unpaired) electrons. The number of carbonyl (C=O) groups excluding carboxylic acids is 2. The van der Waals surface area contributed by atoms with E-state index in [1.165, 1.54) is 12.1 Å². The molecule has 0 unspecified atom stereocenters. The number of aromatic nitrogens is 1. The fraction of sp³-hybridized carbons (Fsp3) is 0.207. The highest BCUT2D eigenvalue weighted by atomic mass is 16.7.